The van der Waals surface area contributed by atoms with Crippen LogP contribution in [0.25, 0.3) is 0 Å². The molecule has 0 saturated carbocycles. The van der Waals surface area contributed by atoms with Crippen LogP contribution in [-0.4, -0.2) is 37.2 Å². The van der Waals surface area contributed by atoms with Gasteiger partial charge in [0.2, 0.25) is 0 Å². The summed E-state index contributed by atoms with van der Waals surface area (Å²) in [5.41, 5.74) is 0. The highest BCUT2D eigenvalue weighted by atomic mass is 16.6. The number of rotatable bonds is 60. The van der Waals surface area contributed by atoms with E-state index in [4.69, 9.17) is 14.2 Å². The van der Waals surface area contributed by atoms with Gasteiger partial charge in [0.15, 0.2) is 6.10 Å². The molecule has 0 spiro atoms. The smallest absolute Gasteiger partial charge is 0.306 e. The van der Waals surface area contributed by atoms with Crippen molar-refractivity contribution in [2.24, 2.45) is 0 Å². The van der Waals surface area contributed by atoms with Gasteiger partial charge < -0.3 is 14.2 Å². The molecule has 0 aliphatic carbocycles. The van der Waals surface area contributed by atoms with Crippen LogP contribution in [0.1, 0.15) is 297 Å². The van der Waals surface area contributed by atoms with Crippen LogP contribution in [0.3, 0.4) is 0 Å². The predicted molar refractivity (Wildman–Crippen MR) is 357 cm³/mol. The van der Waals surface area contributed by atoms with Crippen LogP contribution in [0, 0.1) is 0 Å². The molecule has 0 aromatic rings. The number of ether oxygens (including phenoxy) is 3. The molecule has 0 heterocycles. The van der Waals surface area contributed by atoms with Gasteiger partial charge in [-0.2, -0.15) is 0 Å². The largest absolute Gasteiger partial charge is 0.462 e. The number of hydrogen-bond acceptors (Lipinski definition) is 6. The Bertz CT molecular complexity index is 1780. The molecule has 0 N–H and O–H groups in total. The monoisotopic (exact) mass is 1130 g/mol. The zero-order valence-electron chi connectivity index (χ0n) is 53.2. The SMILES string of the molecule is CC/C=C\C/C=C\C/C=C\C/C=C\C/C=C\C/C=C\C/C=C\C/C=C\C/C=C\CCCC(=O)OCC(COC(=O)CCCCCCC/C=C\C/C=C\CCCCCC)OC(=O)CCCCCCCCCCC/C=C\CCCCCCCC. The fourth-order valence-corrected chi connectivity index (χ4v) is 9.00. The Hall–Kier alpha value is -4.71. The number of hydrogen-bond donors (Lipinski definition) is 0. The zero-order chi connectivity index (χ0) is 59.2. The van der Waals surface area contributed by atoms with Gasteiger partial charge in [0, 0.05) is 19.3 Å². The maximum atomic E-state index is 12.9. The van der Waals surface area contributed by atoms with Crippen LogP contribution in [0.4, 0.5) is 0 Å². The highest BCUT2D eigenvalue weighted by Crippen LogP contribution is 2.15. The summed E-state index contributed by atoms with van der Waals surface area (Å²) in [6, 6.07) is 0. The molecule has 0 aromatic carbocycles. The summed E-state index contributed by atoms with van der Waals surface area (Å²) in [4.78, 5) is 38.4. The van der Waals surface area contributed by atoms with Crippen LogP contribution in [0.15, 0.2) is 146 Å². The van der Waals surface area contributed by atoms with Crippen LogP contribution >= 0.6 is 0 Å². The summed E-state index contributed by atoms with van der Waals surface area (Å²) in [7, 11) is 0. The van der Waals surface area contributed by atoms with Gasteiger partial charge in [-0.1, -0.05) is 282 Å². The molecule has 0 amide bonds. The molecule has 0 fully saturated rings. The van der Waals surface area contributed by atoms with Gasteiger partial charge in [0.05, 0.1) is 0 Å². The molecule has 0 saturated heterocycles. The van der Waals surface area contributed by atoms with Crippen molar-refractivity contribution in [3.05, 3.63) is 146 Å². The molecule has 6 heteroatoms. The second kappa shape index (κ2) is 68.8. The predicted octanol–water partition coefficient (Wildman–Crippen LogP) is 23.5. The molecule has 0 aromatic heterocycles. The summed E-state index contributed by atoms with van der Waals surface area (Å²) >= 11 is 0. The van der Waals surface area contributed by atoms with E-state index in [9.17, 15) is 14.4 Å². The molecule has 1 unspecified atom stereocenters. The number of carbonyl (C=O) groups excluding carboxylic acids is 3. The topological polar surface area (TPSA) is 78.9 Å². The molecule has 1 atom stereocenters. The third-order valence-corrected chi connectivity index (χ3v) is 14.0. The van der Waals surface area contributed by atoms with E-state index in [0.29, 0.717) is 19.3 Å². The number of carbonyl (C=O) groups is 3. The lowest BCUT2D eigenvalue weighted by Gasteiger charge is -2.18. The average molecular weight is 1130 g/mol. The molecule has 82 heavy (non-hydrogen) atoms. The Kier molecular flexibility index (Phi) is 64.8. The van der Waals surface area contributed by atoms with Crippen LogP contribution < -0.4 is 0 Å². The maximum absolute atomic E-state index is 12.9. The van der Waals surface area contributed by atoms with Crippen molar-refractivity contribution in [3.8, 4) is 0 Å². The molecule has 0 aliphatic heterocycles. The van der Waals surface area contributed by atoms with Gasteiger partial charge in [-0.05, 0) is 141 Å². The minimum atomic E-state index is -0.816. The van der Waals surface area contributed by atoms with E-state index in [1.807, 2.05) is 0 Å². The molecular formula is C76H124O6. The lowest BCUT2D eigenvalue weighted by Crippen LogP contribution is -2.30. The summed E-state index contributed by atoms with van der Waals surface area (Å²) in [6.07, 6.45) is 98.6. The van der Waals surface area contributed by atoms with Crippen molar-refractivity contribution in [1.82, 2.24) is 0 Å². The summed E-state index contributed by atoms with van der Waals surface area (Å²) in [5.74, 6) is -0.981. The van der Waals surface area contributed by atoms with Gasteiger partial charge in [-0.3, -0.25) is 14.4 Å². The fraction of sp³-hybridized carbons (Fsp3) is 0.645. The Labute approximate surface area is 506 Å². The van der Waals surface area contributed by atoms with Gasteiger partial charge in [0.25, 0.3) is 0 Å². The Morgan fingerprint density at radius 2 is 0.488 bits per heavy atom. The van der Waals surface area contributed by atoms with Crippen LogP contribution in [0.5, 0.6) is 0 Å². The van der Waals surface area contributed by atoms with E-state index in [0.717, 1.165) is 128 Å². The van der Waals surface area contributed by atoms with Crippen molar-refractivity contribution >= 4 is 17.9 Å². The number of esters is 3. The standard InChI is InChI=1S/C76H124O6/c1-4-7-10-13-16-19-22-25-28-31-33-34-35-36-37-38-39-40-41-42-44-45-48-51-54-57-60-63-66-69-75(78)81-72-73(71-80-74(77)68-65-62-59-56-53-50-47-30-27-24-21-18-15-12-9-6-3)82-76(79)70-67-64-61-58-55-52-49-46-43-32-29-26-23-20-17-14-11-8-5-2/h7,10,16,19,21,24-26,28-30,33-34,36-37,39-40,42,44,47-48,51,57,60,73H,4-6,8-9,11-15,17-18,20,22-23,27,31-32,35,38,41,43,45-46,49-50,52-56,58-59,61-72H2,1-3H3/b10-7-,19-16-,24-21-,28-25-,29-26-,34-33-,37-36-,40-39-,44-42-,47-30-,51-48-,60-57-. The van der Waals surface area contributed by atoms with Crippen LogP contribution in [-0.2, 0) is 28.6 Å². The maximum Gasteiger partial charge on any atom is 0.306 e. The first kappa shape index (κ1) is 77.3. The van der Waals surface area contributed by atoms with Gasteiger partial charge in [0.1, 0.15) is 13.2 Å². The van der Waals surface area contributed by atoms with E-state index in [-0.39, 0.29) is 37.5 Å². The van der Waals surface area contributed by atoms with Crippen molar-refractivity contribution in [1.29, 1.82) is 0 Å². The average Bonchev–Trinajstić information content (AvgIpc) is 3.47. The van der Waals surface area contributed by atoms with E-state index < -0.39 is 6.10 Å². The van der Waals surface area contributed by atoms with E-state index in [2.05, 4.69) is 167 Å². The highest BCUT2D eigenvalue weighted by molar-refractivity contribution is 5.71. The molecule has 0 rings (SSSR count). The number of unbranched alkanes of at least 4 members (excludes halogenated alkanes) is 25. The van der Waals surface area contributed by atoms with Gasteiger partial charge >= 0.3 is 17.9 Å². The molecule has 0 radical (unpaired) electrons. The number of allylic oxidation sites excluding steroid dienone is 24. The zero-order valence-corrected chi connectivity index (χ0v) is 53.2. The third-order valence-electron chi connectivity index (χ3n) is 14.0. The highest BCUT2D eigenvalue weighted by Gasteiger charge is 2.19. The molecular weight excluding hydrogens is 1010 g/mol. The normalized spacial score (nSPS) is 13.1. The molecule has 0 aliphatic rings. The van der Waals surface area contributed by atoms with Crippen molar-refractivity contribution < 1.29 is 28.6 Å². The second-order valence-corrected chi connectivity index (χ2v) is 22.0. The first-order chi connectivity index (χ1) is 40.5. The van der Waals surface area contributed by atoms with Gasteiger partial charge in [-0.15, -0.1) is 0 Å². The quantitative estimate of drug-likeness (QED) is 0.0261. The van der Waals surface area contributed by atoms with Crippen LogP contribution in [0.2, 0.25) is 0 Å². The Balaban J connectivity index is 4.49. The van der Waals surface area contributed by atoms with E-state index in [1.165, 1.54) is 122 Å². The minimum Gasteiger partial charge on any atom is -0.462 e. The summed E-state index contributed by atoms with van der Waals surface area (Å²) in [5, 5.41) is 0. The van der Waals surface area contributed by atoms with Crippen molar-refractivity contribution in [2.75, 3.05) is 13.2 Å². The lowest BCUT2D eigenvalue weighted by molar-refractivity contribution is -0.167. The molecule has 6 nitrogen and oxygen atoms in total. The second-order valence-electron chi connectivity index (χ2n) is 22.0. The minimum absolute atomic E-state index is 0.108. The van der Waals surface area contributed by atoms with Gasteiger partial charge in [-0.25, -0.2) is 0 Å². The van der Waals surface area contributed by atoms with Crippen molar-refractivity contribution in [3.63, 3.8) is 0 Å². The first-order valence-corrected chi connectivity index (χ1v) is 33.8. The first-order valence-electron chi connectivity index (χ1n) is 33.8. The molecule has 464 valence electrons. The fourth-order valence-electron chi connectivity index (χ4n) is 9.00. The Morgan fingerprint density at radius 1 is 0.256 bits per heavy atom. The summed E-state index contributed by atoms with van der Waals surface area (Å²) < 4.78 is 16.9. The third kappa shape index (κ3) is 66.1. The van der Waals surface area contributed by atoms with E-state index >= 15 is 0 Å². The Morgan fingerprint density at radius 3 is 0.817 bits per heavy atom. The summed E-state index contributed by atoms with van der Waals surface area (Å²) in [6.45, 7) is 6.46. The van der Waals surface area contributed by atoms with Crippen molar-refractivity contribution in [2.45, 2.75) is 303 Å². The lowest BCUT2D eigenvalue weighted by atomic mass is 10.1. The van der Waals surface area contributed by atoms with E-state index in [1.54, 1.807) is 0 Å². The molecule has 0 bridgehead atoms.